The lowest BCUT2D eigenvalue weighted by atomic mass is 10.0. The van der Waals surface area contributed by atoms with Gasteiger partial charge in [-0.05, 0) is 20.3 Å². The molecule has 1 N–H and O–H groups in total. The molecule has 0 aromatic carbocycles. The Morgan fingerprint density at radius 3 is 2.69 bits per heavy atom. The number of hydrogen-bond acceptors (Lipinski definition) is 3. The SMILES string of the molecule is CC1(C)SCC1NC1=CC(=O)CC1. The minimum absolute atomic E-state index is 0.271. The maximum atomic E-state index is 11.0. The molecule has 1 heterocycles. The molecule has 0 bridgehead atoms. The second-order valence-corrected chi connectivity index (χ2v) is 5.92. The molecule has 1 aliphatic heterocycles. The second kappa shape index (κ2) is 3.05. The lowest BCUT2D eigenvalue weighted by molar-refractivity contribution is -0.114. The van der Waals surface area contributed by atoms with Gasteiger partial charge in [0, 0.05) is 34.7 Å². The first-order valence-electron chi connectivity index (χ1n) is 4.72. The summed E-state index contributed by atoms with van der Waals surface area (Å²) in [7, 11) is 0. The van der Waals surface area contributed by atoms with E-state index in [9.17, 15) is 4.79 Å². The van der Waals surface area contributed by atoms with Crippen molar-refractivity contribution in [3.05, 3.63) is 11.8 Å². The molecule has 13 heavy (non-hydrogen) atoms. The number of carbonyl (C=O) groups excluding carboxylic acids is 1. The van der Waals surface area contributed by atoms with Gasteiger partial charge in [0.25, 0.3) is 0 Å². The number of ketones is 1. The van der Waals surface area contributed by atoms with E-state index in [1.54, 1.807) is 6.08 Å². The molecule has 0 radical (unpaired) electrons. The molecule has 0 aromatic rings. The molecule has 0 saturated carbocycles. The van der Waals surface area contributed by atoms with Crippen LogP contribution in [0, 0.1) is 0 Å². The van der Waals surface area contributed by atoms with Gasteiger partial charge in [0.05, 0.1) is 0 Å². The molecule has 2 aliphatic rings. The Morgan fingerprint density at radius 2 is 2.31 bits per heavy atom. The van der Waals surface area contributed by atoms with Gasteiger partial charge in [0.15, 0.2) is 5.78 Å². The van der Waals surface area contributed by atoms with Gasteiger partial charge in [-0.25, -0.2) is 0 Å². The Balaban J connectivity index is 1.92. The first-order valence-corrected chi connectivity index (χ1v) is 5.70. The lowest BCUT2D eigenvalue weighted by Gasteiger charge is -2.44. The number of rotatable bonds is 2. The zero-order valence-electron chi connectivity index (χ0n) is 8.09. The van der Waals surface area contributed by atoms with Crippen LogP contribution < -0.4 is 5.32 Å². The molecule has 1 unspecified atom stereocenters. The highest BCUT2D eigenvalue weighted by Crippen LogP contribution is 2.40. The monoisotopic (exact) mass is 197 g/mol. The highest BCUT2D eigenvalue weighted by Gasteiger charge is 2.39. The third kappa shape index (κ3) is 1.75. The van der Waals surface area contributed by atoms with Crippen molar-refractivity contribution >= 4 is 17.5 Å². The molecule has 1 atom stereocenters. The topological polar surface area (TPSA) is 29.1 Å². The van der Waals surface area contributed by atoms with Crippen molar-refractivity contribution in [1.29, 1.82) is 0 Å². The standard InChI is InChI=1S/C10H15NOS/c1-10(2)9(6-13-10)11-7-3-4-8(12)5-7/h5,9,11H,3-4,6H2,1-2H3. The molecule has 0 amide bonds. The summed E-state index contributed by atoms with van der Waals surface area (Å²) in [4.78, 5) is 11.0. The molecule has 1 aliphatic carbocycles. The van der Waals surface area contributed by atoms with Gasteiger partial charge in [-0.2, -0.15) is 11.8 Å². The number of nitrogens with one attached hydrogen (secondary N) is 1. The zero-order chi connectivity index (χ0) is 9.47. The number of thioether (sulfide) groups is 1. The van der Waals surface area contributed by atoms with Crippen molar-refractivity contribution in [3.63, 3.8) is 0 Å². The van der Waals surface area contributed by atoms with Crippen LogP contribution in [0.15, 0.2) is 11.8 Å². The predicted octanol–water partition coefficient (Wildman–Crippen LogP) is 1.72. The van der Waals surface area contributed by atoms with Crippen LogP contribution >= 0.6 is 11.8 Å². The largest absolute Gasteiger partial charge is 0.383 e. The average Bonchev–Trinajstić information content (AvgIpc) is 2.46. The lowest BCUT2D eigenvalue weighted by Crippen LogP contribution is -2.54. The smallest absolute Gasteiger partial charge is 0.157 e. The van der Waals surface area contributed by atoms with Gasteiger partial charge >= 0.3 is 0 Å². The first kappa shape index (κ1) is 9.13. The fourth-order valence-electron chi connectivity index (χ4n) is 1.65. The molecule has 0 spiro atoms. The summed E-state index contributed by atoms with van der Waals surface area (Å²) in [6.07, 6.45) is 3.37. The van der Waals surface area contributed by atoms with Crippen LogP contribution in [0.4, 0.5) is 0 Å². The van der Waals surface area contributed by atoms with Gasteiger partial charge in [-0.3, -0.25) is 4.79 Å². The fourth-order valence-corrected chi connectivity index (χ4v) is 2.79. The van der Waals surface area contributed by atoms with Gasteiger partial charge < -0.3 is 5.32 Å². The van der Waals surface area contributed by atoms with E-state index in [1.807, 2.05) is 11.8 Å². The molecule has 2 rings (SSSR count). The highest BCUT2D eigenvalue weighted by molar-refractivity contribution is 8.02. The summed E-state index contributed by atoms with van der Waals surface area (Å²) in [5.74, 6) is 1.44. The van der Waals surface area contributed by atoms with Crippen LogP contribution in [0.3, 0.4) is 0 Å². The number of hydrogen-bond donors (Lipinski definition) is 1. The van der Waals surface area contributed by atoms with Crippen molar-refractivity contribution in [2.45, 2.75) is 37.5 Å². The van der Waals surface area contributed by atoms with Gasteiger partial charge in [0.2, 0.25) is 0 Å². The summed E-state index contributed by atoms with van der Waals surface area (Å²) in [5, 5.41) is 3.46. The van der Waals surface area contributed by atoms with E-state index in [1.165, 1.54) is 5.75 Å². The Hall–Kier alpha value is -0.440. The predicted molar refractivity (Wildman–Crippen MR) is 55.8 cm³/mol. The molecule has 2 nitrogen and oxygen atoms in total. The summed E-state index contributed by atoms with van der Waals surface area (Å²) < 4.78 is 0.340. The fraction of sp³-hybridized carbons (Fsp3) is 0.700. The molecule has 72 valence electrons. The Bertz CT molecular complexity index is 270. The molecule has 3 heteroatoms. The van der Waals surface area contributed by atoms with Crippen molar-refractivity contribution < 1.29 is 4.79 Å². The van der Waals surface area contributed by atoms with Crippen molar-refractivity contribution in [3.8, 4) is 0 Å². The van der Waals surface area contributed by atoms with Gasteiger partial charge in [-0.15, -0.1) is 0 Å². The van der Waals surface area contributed by atoms with E-state index in [4.69, 9.17) is 0 Å². The van der Waals surface area contributed by atoms with Crippen molar-refractivity contribution in [2.24, 2.45) is 0 Å². The van der Waals surface area contributed by atoms with Crippen LogP contribution in [-0.4, -0.2) is 22.3 Å². The molecule has 1 fully saturated rings. The van der Waals surface area contributed by atoms with Crippen LogP contribution in [0.2, 0.25) is 0 Å². The van der Waals surface area contributed by atoms with Crippen molar-refractivity contribution in [1.82, 2.24) is 5.32 Å². The summed E-state index contributed by atoms with van der Waals surface area (Å²) >= 11 is 1.98. The summed E-state index contributed by atoms with van der Waals surface area (Å²) in [6, 6.07) is 0.551. The van der Waals surface area contributed by atoms with Gasteiger partial charge in [0.1, 0.15) is 0 Å². The third-order valence-corrected chi connectivity index (χ3v) is 4.33. The third-order valence-electron chi connectivity index (χ3n) is 2.80. The summed E-state index contributed by atoms with van der Waals surface area (Å²) in [6.45, 7) is 4.49. The van der Waals surface area contributed by atoms with Crippen LogP contribution in [0.1, 0.15) is 26.7 Å². The van der Waals surface area contributed by atoms with Crippen LogP contribution in [0.25, 0.3) is 0 Å². The van der Waals surface area contributed by atoms with Crippen LogP contribution in [0.5, 0.6) is 0 Å². The van der Waals surface area contributed by atoms with Crippen LogP contribution in [-0.2, 0) is 4.79 Å². The van der Waals surface area contributed by atoms with E-state index in [2.05, 4.69) is 19.2 Å². The van der Waals surface area contributed by atoms with E-state index < -0.39 is 0 Å². The number of carbonyl (C=O) groups is 1. The maximum Gasteiger partial charge on any atom is 0.157 e. The minimum atomic E-state index is 0.271. The highest BCUT2D eigenvalue weighted by atomic mass is 32.2. The molecular weight excluding hydrogens is 182 g/mol. The van der Waals surface area contributed by atoms with E-state index >= 15 is 0 Å². The van der Waals surface area contributed by atoms with E-state index in [-0.39, 0.29) is 5.78 Å². The number of allylic oxidation sites excluding steroid dienone is 2. The quantitative estimate of drug-likeness (QED) is 0.731. The maximum absolute atomic E-state index is 11.0. The Morgan fingerprint density at radius 1 is 1.54 bits per heavy atom. The van der Waals surface area contributed by atoms with E-state index in [0.717, 1.165) is 12.1 Å². The second-order valence-electron chi connectivity index (χ2n) is 4.25. The van der Waals surface area contributed by atoms with Crippen molar-refractivity contribution in [2.75, 3.05) is 5.75 Å². The molecule has 0 aromatic heterocycles. The molecule has 1 saturated heterocycles. The zero-order valence-corrected chi connectivity index (χ0v) is 8.91. The first-order chi connectivity index (χ1) is 6.08. The minimum Gasteiger partial charge on any atom is -0.383 e. The Kier molecular flexibility index (Phi) is 2.14. The Labute approximate surface area is 83.2 Å². The summed E-state index contributed by atoms with van der Waals surface area (Å²) in [5.41, 5.74) is 1.14. The van der Waals surface area contributed by atoms with E-state index in [0.29, 0.717) is 17.2 Å². The van der Waals surface area contributed by atoms with Gasteiger partial charge in [-0.1, -0.05) is 0 Å². The average molecular weight is 197 g/mol. The normalized spacial score (nSPS) is 31.1. The molecular formula is C10H15NOS.